The fraction of sp³-hybridized carbons (Fsp3) is 0.375. The van der Waals surface area contributed by atoms with Crippen LogP contribution in [-0.4, -0.2) is 9.55 Å². The molecule has 0 spiro atoms. The van der Waals surface area contributed by atoms with Gasteiger partial charge in [-0.05, 0) is 19.9 Å². The number of aromatic nitrogens is 2. The number of allylic oxidation sites excluding steroid dienone is 1. The van der Waals surface area contributed by atoms with Crippen molar-refractivity contribution in [1.29, 1.82) is 0 Å². The van der Waals surface area contributed by atoms with Crippen molar-refractivity contribution in [3.05, 3.63) is 23.8 Å². The summed E-state index contributed by atoms with van der Waals surface area (Å²) in [6.07, 6.45) is 5.90. The van der Waals surface area contributed by atoms with E-state index in [-0.39, 0.29) is 0 Å². The van der Waals surface area contributed by atoms with E-state index in [4.69, 9.17) is 0 Å². The van der Waals surface area contributed by atoms with Crippen LogP contribution in [0.1, 0.15) is 18.3 Å². The predicted molar refractivity (Wildman–Crippen MR) is 42.7 cm³/mol. The lowest BCUT2D eigenvalue weighted by atomic mass is 10.3. The van der Waals surface area contributed by atoms with Gasteiger partial charge >= 0.3 is 0 Å². The second kappa shape index (κ2) is 2.69. The van der Waals surface area contributed by atoms with Crippen LogP contribution in [0.5, 0.6) is 0 Å². The molecule has 0 aliphatic rings. The van der Waals surface area contributed by atoms with Gasteiger partial charge in [0, 0.05) is 7.05 Å². The zero-order valence-corrected chi connectivity index (χ0v) is 6.63. The van der Waals surface area contributed by atoms with Crippen molar-refractivity contribution in [2.24, 2.45) is 7.05 Å². The van der Waals surface area contributed by atoms with Crippen LogP contribution < -0.4 is 0 Å². The molecule has 0 amide bonds. The molecule has 1 rings (SSSR count). The third-order valence-electron chi connectivity index (χ3n) is 1.50. The van der Waals surface area contributed by atoms with E-state index < -0.39 is 0 Å². The molecule has 1 aromatic heterocycles. The maximum absolute atomic E-state index is 4.15. The zero-order valence-electron chi connectivity index (χ0n) is 6.63. The molecule has 0 bridgehead atoms. The van der Waals surface area contributed by atoms with E-state index in [1.165, 1.54) is 5.69 Å². The first-order valence-electron chi connectivity index (χ1n) is 3.36. The lowest BCUT2D eigenvalue weighted by molar-refractivity contribution is 0.901. The van der Waals surface area contributed by atoms with E-state index >= 15 is 0 Å². The molecule has 54 valence electrons. The van der Waals surface area contributed by atoms with Gasteiger partial charge in [-0.15, -0.1) is 0 Å². The van der Waals surface area contributed by atoms with Crippen molar-refractivity contribution in [2.45, 2.75) is 13.8 Å². The Morgan fingerprint density at radius 1 is 1.60 bits per heavy atom. The summed E-state index contributed by atoms with van der Waals surface area (Å²) in [7, 11) is 2.00. The quantitative estimate of drug-likeness (QED) is 0.575. The summed E-state index contributed by atoms with van der Waals surface area (Å²) in [6, 6.07) is 0. The second-order valence-corrected chi connectivity index (χ2v) is 2.33. The van der Waals surface area contributed by atoms with Gasteiger partial charge in [-0.1, -0.05) is 6.08 Å². The minimum atomic E-state index is 1.08. The zero-order chi connectivity index (χ0) is 7.56. The van der Waals surface area contributed by atoms with Crippen molar-refractivity contribution >= 4 is 6.08 Å². The Kier molecular flexibility index (Phi) is 1.90. The fourth-order valence-corrected chi connectivity index (χ4v) is 0.953. The van der Waals surface area contributed by atoms with E-state index in [2.05, 4.69) is 11.1 Å². The molecule has 0 aliphatic carbocycles. The molecule has 0 radical (unpaired) electrons. The summed E-state index contributed by atoms with van der Waals surface area (Å²) in [6.45, 7) is 4.02. The normalized spacial score (nSPS) is 11.1. The first-order valence-corrected chi connectivity index (χ1v) is 3.36. The van der Waals surface area contributed by atoms with Crippen LogP contribution in [0.25, 0.3) is 6.08 Å². The summed E-state index contributed by atoms with van der Waals surface area (Å²) in [4.78, 5) is 4.15. The van der Waals surface area contributed by atoms with Gasteiger partial charge in [0.2, 0.25) is 0 Å². The number of rotatable bonds is 1. The molecule has 10 heavy (non-hydrogen) atoms. The Morgan fingerprint density at radius 2 is 2.30 bits per heavy atom. The fourth-order valence-electron chi connectivity index (χ4n) is 0.953. The SMILES string of the molecule is C/C=C\c1c(C)ncn1C. The molecule has 0 aromatic carbocycles. The summed E-state index contributed by atoms with van der Waals surface area (Å²) in [5.41, 5.74) is 2.27. The Morgan fingerprint density at radius 3 is 2.70 bits per heavy atom. The van der Waals surface area contributed by atoms with Gasteiger partial charge in [0.05, 0.1) is 17.7 Å². The third kappa shape index (κ3) is 1.10. The number of nitrogens with zero attached hydrogens (tertiary/aromatic N) is 2. The van der Waals surface area contributed by atoms with Crippen LogP contribution >= 0.6 is 0 Å². The number of aryl methyl sites for hydroxylation is 2. The lowest BCUT2D eigenvalue weighted by Crippen LogP contribution is -1.88. The molecule has 2 nitrogen and oxygen atoms in total. The molecule has 1 aromatic rings. The molecular weight excluding hydrogens is 124 g/mol. The van der Waals surface area contributed by atoms with E-state index in [9.17, 15) is 0 Å². The summed E-state index contributed by atoms with van der Waals surface area (Å²) >= 11 is 0. The van der Waals surface area contributed by atoms with Crippen LogP contribution in [0.2, 0.25) is 0 Å². The number of hydrogen-bond acceptors (Lipinski definition) is 1. The Labute approximate surface area is 61.2 Å². The lowest BCUT2D eigenvalue weighted by Gasteiger charge is -1.94. The minimum absolute atomic E-state index is 1.08. The van der Waals surface area contributed by atoms with Gasteiger partial charge in [-0.2, -0.15) is 0 Å². The monoisotopic (exact) mass is 136 g/mol. The van der Waals surface area contributed by atoms with Crippen molar-refractivity contribution in [1.82, 2.24) is 9.55 Å². The van der Waals surface area contributed by atoms with Crippen LogP contribution in [0.3, 0.4) is 0 Å². The summed E-state index contributed by atoms with van der Waals surface area (Å²) < 4.78 is 2.01. The maximum atomic E-state index is 4.15. The second-order valence-electron chi connectivity index (χ2n) is 2.33. The van der Waals surface area contributed by atoms with Gasteiger partial charge in [0.1, 0.15) is 0 Å². The van der Waals surface area contributed by atoms with Crippen LogP contribution in [-0.2, 0) is 7.05 Å². The molecule has 0 unspecified atom stereocenters. The molecule has 1 heterocycles. The highest BCUT2D eigenvalue weighted by atomic mass is 15.0. The summed E-state index contributed by atoms with van der Waals surface area (Å²) in [5, 5.41) is 0. The van der Waals surface area contributed by atoms with E-state index in [0.29, 0.717) is 0 Å². The molecule has 2 heteroatoms. The van der Waals surface area contributed by atoms with Crippen LogP contribution in [0.4, 0.5) is 0 Å². The standard InChI is InChI=1S/C8H12N2/c1-4-5-8-7(2)9-6-10(8)3/h4-6H,1-3H3/b5-4-. The smallest absolute Gasteiger partial charge is 0.0951 e. The van der Waals surface area contributed by atoms with Gasteiger partial charge in [-0.25, -0.2) is 4.98 Å². The highest BCUT2D eigenvalue weighted by molar-refractivity contribution is 5.46. The largest absolute Gasteiger partial charge is 0.334 e. The van der Waals surface area contributed by atoms with Crippen molar-refractivity contribution < 1.29 is 0 Å². The molecule has 0 saturated carbocycles. The number of hydrogen-bond donors (Lipinski definition) is 0. The number of imidazole rings is 1. The molecule has 0 atom stereocenters. The van der Waals surface area contributed by atoms with E-state index in [0.717, 1.165) is 5.69 Å². The first kappa shape index (κ1) is 7.06. The predicted octanol–water partition coefficient (Wildman–Crippen LogP) is 1.76. The Bertz CT molecular complexity index is 226. The average Bonchev–Trinajstić information content (AvgIpc) is 2.20. The van der Waals surface area contributed by atoms with Gasteiger partial charge in [0.25, 0.3) is 0 Å². The Balaban J connectivity index is 3.10. The first-order chi connectivity index (χ1) is 4.75. The highest BCUT2D eigenvalue weighted by Crippen LogP contribution is 2.05. The van der Waals surface area contributed by atoms with E-state index in [1.54, 1.807) is 0 Å². The molecular formula is C8H12N2. The molecule has 0 N–H and O–H groups in total. The van der Waals surface area contributed by atoms with Gasteiger partial charge in [-0.3, -0.25) is 0 Å². The molecule has 0 saturated heterocycles. The highest BCUT2D eigenvalue weighted by Gasteiger charge is 1.97. The minimum Gasteiger partial charge on any atom is -0.334 e. The molecule has 0 aliphatic heterocycles. The average molecular weight is 136 g/mol. The van der Waals surface area contributed by atoms with Crippen molar-refractivity contribution in [3.8, 4) is 0 Å². The Hall–Kier alpha value is -1.05. The van der Waals surface area contributed by atoms with Crippen molar-refractivity contribution in [3.63, 3.8) is 0 Å². The third-order valence-corrected chi connectivity index (χ3v) is 1.50. The van der Waals surface area contributed by atoms with Crippen LogP contribution in [0.15, 0.2) is 12.4 Å². The molecule has 0 fully saturated rings. The summed E-state index contributed by atoms with van der Waals surface area (Å²) in [5.74, 6) is 0. The van der Waals surface area contributed by atoms with Crippen LogP contribution in [0, 0.1) is 6.92 Å². The van der Waals surface area contributed by atoms with Crippen molar-refractivity contribution in [2.75, 3.05) is 0 Å². The van der Waals surface area contributed by atoms with E-state index in [1.807, 2.05) is 37.9 Å². The topological polar surface area (TPSA) is 17.8 Å². The van der Waals surface area contributed by atoms with Gasteiger partial charge in [0.15, 0.2) is 0 Å². The van der Waals surface area contributed by atoms with Gasteiger partial charge < -0.3 is 4.57 Å². The maximum Gasteiger partial charge on any atom is 0.0951 e.